The third kappa shape index (κ3) is 2.95. The number of hydrogen-bond acceptors (Lipinski definition) is 4. The zero-order valence-electron chi connectivity index (χ0n) is 14.2. The molecule has 1 amide bonds. The fourth-order valence-electron chi connectivity index (χ4n) is 3.66. The van der Waals surface area contributed by atoms with Crippen molar-refractivity contribution in [1.82, 2.24) is 0 Å². The largest absolute Gasteiger partial charge is 0.379 e. The molecular formula is C18H27N3O2. The van der Waals surface area contributed by atoms with Gasteiger partial charge >= 0.3 is 0 Å². The second-order valence-electron chi connectivity index (χ2n) is 7.01. The first kappa shape index (κ1) is 16.3. The molecule has 0 radical (unpaired) electrons. The van der Waals surface area contributed by atoms with E-state index in [2.05, 4.69) is 37.8 Å². The first-order valence-corrected chi connectivity index (χ1v) is 8.48. The van der Waals surface area contributed by atoms with Crippen LogP contribution in [-0.4, -0.2) is 38.8 Å². The number of benzene rings is 1. The quantitative estimate of drug-likeness (QED) is 0.849. The molecule has 2 aliphatic heterocycles. The highest BCUT2D eigenvalue weighted by Gasteiger charge is 2.34. The fourth-order valence-corrected chi connectivity index (χ4v) is 3.66. The van der Waals surface area contributed by atoms with Gasteiger partial charge in [-0.05, 0) is 42.5 Å². The molecule has 23 heavy (non-hydrogen) atoms. The van der Waals surface area contributed by atoms with Crippen molar-refractivity contribution in [3.8, 4) is 0 Å². The number of rotatable bonds is 2. The van der Waals surface area contributed by atoms with Gasteiger partial charge in [0.2, 0.25) is 6.41 Å². The summed E-state index contributed by atoms with van der Waals surface area (Å²) < 4.78 is 5.64. The number of carbonyl (C=O) groups is 1. The minimum absolute atomic E-state index is 0.0446. The summed E-state index contributed by atoms with van der Waals surface area (Å²) in [5.41, 5.74) is 9.65. The van der Waals surface area contributed by atoms with Gasteiger partial charge < -0.3 is 20.3 Å². The van der Waals surface area contributed by atoms with Crippen molar-refractivity contribution < 1.29 is 9.53 Å². The lowest BCUT2D eigenvalue weighted by molar-refractivity contribution is -0.108. The molecule has 5 nitrogen and oxygen atoms in total. The van der Waals surface area contributed by atoms with Crippen LogP contribution < -0.4 is 15.5 Å². The molecule has 1 fully saturated rings. The van der Waals surface area contributed by atoms with Crippen LogP contribution in [0.5, 0.6) is 0 Å². The number of ether oxygens (including phenoxy) is 1. The number of anilines is 2. The topological polar surface area (TPSA) is 58.8 Å². The Morgan fingerprint density at radius 2 is 2.09 bits per heavy atom. The van der Waals surface area contributed by atoms with Crippen molar-refractivity contribution in [3.05, 3.63) is 23.8 Å². The highest BCUT2D eigenvalue weighted by atomic mass is 16.5. The van der Waals surface area contributed by atoms with Gasteiger partial charge in [-0.15, -0.1) is 0 Å². The summed E-state index contributed by atoms with van der Waals surface area (Å²) in [6, 6.07) is 6.38. The normalized spacial score (nSPS) is 31.5. The second-order valence-corrected chi connectivity index (χ2v) is 7.01. The van der Waals surface area contributed by atoms with Gasteiger partial charge in [-0.3, -0.25) is 4.79 Å². The zero-order valence-corrected chi connectivity index (χ0v) is 14.2. The molecule has 2 aliphatic rings. The van der Waals surface area contributed by atoms with E-state index in [9.17, 15) is 4.79 Å². The number of carbonyl (C=O) groups excluding carboxylic acids is 1. The molecule has 0 aromatic heterocycles. The molecule has 1 aromatic carbocycles. The van der Waals surface area contributed by atoms with Gasteiger partial charge in [-0.2, -0.15) is 0 Å². The standard InChI is InChI=1S/C18H27N3O2/c1-12-9-20(6-7-23-10-12)15-4-5-17-16(8-15)18(19)13(2)14(3)21(17)11-22/h4-5,8,11-14,18H,6-7,9-10,19H2,1-3H3/t12?,13?,14-,18+/m0/s1. The molecule has 0 saturated carbocycles. The molecule has 5 heteroatoms. The number of hydrogen-bond donors (Lipinski definition) is 1. The van der Waals surface area contributed by atoms with Gasteiger partial charge in [-0.25, -0.2) is 0 Å². The average molecular weight is 317 g/mol. The van der Waals surface area contributed by atoms with E-state index in [-0.39, 0.29) is 18.0 Å². The number of nitrogens with two attached hydrogens (primary N) is 1. The van der Waals surface area contributed by atoms with E-state index in [0.29, 0.717) is 5.92 Å². The Labute approximate surface area is 138 Å². The van der Waals surface area contributed by atoms with Crippen LogP contribution in [0.3, 0.4) is 0 Å². The zero-order chi connectivity index (χ0) is 16.6. The van der Waals surface area contributed by atoms with E-state index < -0.39 is 0 Å². The Bertz CT molecular complexity index is 577. The molecule has 126 valence electrons. The van der Waals surface area contributed by atoms with Gasteiger partial charge in [0.25, 0.3) is 0 Å². The van der Waals surface area contributed by atoms with Crippen molar-refractivity contribution in [1.29, 1.82) is 0 Å². The van der Waals surface area contributed by atoms with Gasteiger partial charge in [0.05, 0.1) is 13.2 Å². The van der Waals surface area contributed by atoms with Crippen LogP contribution >= 0.6 is 0 Å². The Morgan fingerprint density at radius 1 is 1.30 bits per heavy atom. The summed E-state index contributed by atoms with van der Waals surface area (Å²) in [5, 5.41) is 0. The van der Waals surface area contributed by atoms with E-state index >= 15 is 0 Å². The Morgan fingerprint density at radius 3 is 2.83 bits per heavy atom. The monoisotopic (exact) mass is 317 g/mol. The maximum absolute atomic E-state index is 11.5. The molecular weight excluding hydrogens is 290 g/mol. The minimum atomic E-state index is -0.0446. The molecule has 2 unspecified atom stereocenters. The summed E-state index contributed by atoms with van der Waals surface area (Å²) in [4.78, 5) is 15.7. The number of amides is 1. The first-order valence-electron chi connectivity index (χ1n) is 8.48. The summed E-state index contributed by atoms with van der Waals surface area (Å²) in [7, 11) is 0. The fraction of sp³-hybridized carbons (Fsp3) is 0.611. The van der Waals surface area contributed by atoms with Crippen molar-refractivity contribution in [2.45, 2.75) is 32.9 Å². The van der Waals surface area contributed by atoms with Gasteiger partial charge in [-0.1, -0.05) is 13.8 Å². The summed E-state index contributed by atoms with van der Waals surface area (Å²) >= 11 is 0. The Balaban J connectivity index is 1.96. The molecule has 0 spiro atoms. The predicted octanol–water partition coefficient (Wildman–Crippen LogP) is 2.16. The molecule has 0 aliphatic carbocycles. The maximum atomic E-state index is 11.5. The molecule has 4 atom stereocenters. The third-order valence-electron chi connectivity index (χ3n) is 5.33. The molecule has 2 heterocycles. The van der Waals surface area contributed by atoms with Crippen LogP contribution in [0.15, 0.2) is 18.2 Å². The van der Waals surface area contributed by atoms with Crippen LogP contribution in [0.25, 0.3) is 0 Å². The molecule has 2 N–H and O–H groups in total. The first-order chi connectivity index (χ1) is 11.0. The molecule has 0 bridgehead atoms. The van der Waals surface area contributed by atoms with Crippen LogP contribution in [0.1, 0.15) is 32.4 Å². The van der Waals surface area contributed by atoms with Crippen LogP contribution in [0.2, 0.25) is 0 Å². The van der Waals surface area contributed by atoms with E-state index in [1.807, 2.05) is 6.07 Å². The lowest BCUT2D eigenvalue weighted by Gasteiger charge is -2.41. The highest BCUT2D eigenvalue weighted by Crippen LogP contribution is 2.40. The molecule has 3 rings (SSSR count). The summed E-state index contributed by atoms with van der Waals surface area (Å²) in [5.74, 6) is 0.738. The smallest absolute Gasteiger partial charge is 0.214 e. The Kier molecular flexibility index (Phi) is 4.60. The maximum Gasteiger partial charge on any atom is 0.214 e. The average Bonchev–Trinajstić information content (AvgIpc) is 2.77. The SMILES string of the molecule is CC1COCCN(c2ccc3c(c2)[C@H](N)C(C)[C@H](C)N3C=O)C1. The van der Waals surface area contributed by atoms with Crippen LogP contribution in [-0.2, 0) is 9.53 Å². The Hall–Kier alpha value is -1.59. The third-order valence-corrected chi connectivity index (χ3v) is 5.33. The lowest BCUT2D eigenvalue weighted by atomic mass is 9.83. The molecule has 1 aromatic rings. The van der Waals surface area contributed by atoms with E-state index in [1.54, 1.807) is 4.90 Å². The van der Waals surface area contributed by atoms with Gasteiger partial charge in [0.15, 0.2) is 0 Å². The van der Waals surface area contributed by atoms with Crippen molar-refractivity contribution in [3.63, 3.8) is 0 Å². The lowest BCUT2D eigenvalue weighted by Crippen LogP contribution is -2.46. The van der Waals surface area contributed by atoms with Crippen molar-refractivity contribution in [2.75, 3.05) is 36.1 Å². The van der Waals surface area contributed by atoms with Gasteiger partial charge in [0, 0.05) is 36.5 Å². The van der Waals surface area contributed by atoms with Crippen LogP contribution in [0.4, 0.5) is 11.4 Å². The second kappa shape index (κ2) is 6.49. The van der Waals surface area contributed by atoms with E-state index in [1.165, 1.54) is 5.69 Å². The number of nitrogens with zero attached hydrogens (tertiary/aromatic N) is 2. The van der Waals surface area contributed by atoms with Crippen molar-refractivity contribution in [2.24, 2.45) is 17.6 Å². The molecule has 1 saturated heterocycles. The number of fused-ring (bicyclic) bond motifs is 1. The summed E-state index contributed by atoms with van der Waals surface area (Å²) in [6.45, 7) is 9.82. The van der Waals surface area contributed by atoms with E-state index in [4.69, 9.17) is 10.5 Å². The minimum Gasteiger partial charge on any atom is -0.379 e. The predicted molar refractivity (Wildman–Crippen MR) is 92.7 cm³/mol. The van der Waals surface area contributed by atoms with Crippen LogP contribution in [0, 0.1) is 11.8 Å². The highest BCUT2D eigenvalue weighted by molar-refractivity contribution is 5.81. The van der Waals surface area contributed by atoms with Crippen molar-refractivity contribution >= 4 is 17.8 Å². The van der Waals surface area contributed by atoms with E-state index in [0.717, 1.165) is 44.0 Å². The summed E-state index contributed by atoms with van der Waals surface area (Å²) in [6.07, 6.45) is 0.924. The van der Waals surface area contributed by atoms with Gasteiger partial charge in [0.1, 0.15) is 0 Å².